The minimum Gasteiger partial charge on any atom is -0.493 e. The molecule has 2 aromatic carbocycles. The van der Waals surface area contributed by atoms with Gasteiger partial charge in [0.1, 0.15) is 11.8 Å². The first-order valence-corrected chi connectivity index (χ1v) is 10.4. The normalized spacial score (nSPS) is 11.0. The van der Waals surface area contributed by atoms with Crippen molar-refractivity contribution in [2.24, 2.45) is 0 Å². The topological polar surface area (TPSA) is 109 Å². The summed E-state index contributed by atoms with van der Waals surface area (Å²) in [5.74, 6) is 1.35. The Balaban J connectivity index is 1.92. The molecule has 0 aliphatic rings. The number of imidazole rings is 1. The maximum absolute atomic E-state index is 13.6. The maximum Gasteiger partial charge on any atom is 0.339 e. The molecule has 0 fully saturated rings. The number of nitrogens with two attached hydrogens (primary N) is 1. The summed E-state index contributed by atoms with van der Waals surface area (Å²) in [5.41, 5.74) is 8.83. The van der Waals surface area contributed by atoms with Crippen molar-refractivity contribution < 1.29 is 9.47 Å². The van der Waals surface area contributed by atoms with Crippen LogP contribution in [0.2, 0.25) is 0 Å². The van der Waals surface area contributed by atoms with E-state index in [1.165, 1.54) is 15.5 Å². The average Bonchev–Trinajstić information content (AvgIpc) is 3.12. The number of nitrogens with one attached hydrogen (secondary N) is 1. The van der Waals surface area contributed by atoms with Gasteiger partial charge in [-0.1, -0.05) is 19.4 Å². The molecule has 166 valence electrons. The number of nitrogens with zero attached hydrogens (tertiary/aromatic N) is 4. The third-order valence-electron chi connectivity index (χ3n) is 5.20. The number of nitrogen functional groups attached to an aromatic ring is 1. The van der Waals surface area contributed by atoms with Crippen LogP contribution in [0.25, 0.3) is 22.5 Å². The molecule has 0 aliphatic heterocycles. The van der Waals surface area contributed by atoms with Gasteiger partial charge in [-0.05, 0) is 36.8 Å². The van der Waals surface area contributed by atoms with E-state index in [0.29, 0.717) is 40.6 Å². The largest absolute Gasteiger partial charge is 0.493 e. The molecule has 0 bridgehead atoms. The number of benzene rings is 2. The van der Waals surface area contributed by atoms with E-state index in [0.717, 1.165) is 18.5 Å². The molecule has 0 radical (unpaired) electrons. The molecule has 4 rings (SSSR count). The molecule has 2 aromatic heterocycles. The number of unbranched alkanes of at least 4 members (excludes halogenated alkanes) is 1. The monoisotopic (exact) mass is 434 g/mol. The van der Waals surface area contributed by atoms with Crippen LogP contribution in [-0.4, -0.2) is 39.9 Å². The van der Waals surface area contributed by atoms with Crippen LogP contribution in [0, 0.1) is 0 Å². The number of ether oxygens (including phenoxy) is 2. The van der Waals surface area contributed by atoms with Gasteiger partial charge in [0.05, 0.1) is 25.1 Å². The van der Waals surface area contributed by atoms with E-state index in [-0.39, 0.29) is 11.5 Å². The van der Waals surface area contributed by atoms with Gasteiger partial charge in [0.2, 0.25) is 0 Å². The van der Waals surface area contributed by atoms with Crippen molar-refractivity contribution in [1.29, 1.82) is 0 Å². The van der Waals surface area contributed by atoms with Gasteiger partial charge in [-0.2, -0.15) is 0 Å². The van der Waals surface area contributed by atoms with Crippen molar-refractivity contribution in [2.75, 3.05) is 31.8 Å². The smallest absolute Gasteiger partial charge is 0.339 e. The SMILES string of the molecule is CCCCOc1ccc(-n2c(=O)n(-c3cccc(NC)c3)c3ncnc(N)c32)cc1OC. The van der Waals surface area contributed by atoms with Crippen LogP contribution in [0.3, 0.4) is 0 Å². The molecule has 4 aromatic rings. The summed E-state index contributed by atoms with van der Waals surface area (Å²) in [6.07, 6.45) is 3.33. The summed E-state index contributed by atoms with van der Waals surface area (Å²) in [7, 11) is 3.39. The summed E-state index contributed by atoms with van der Waals surface area (Å²) in [5, 5.41) is 3.09. The zero-order valence-corrected chi connectivity index (χ0v) is 18.3. The highest BCUT2D eigenvalue weighted by molar-refractivity contribution is 5.85. The first-order chi connectivity index (χ1) is 15.6. The van der Waals surface area contributed by atoms with Crippen molar-refractivity contribution in [3.63, 3.8) is 0 Å². The van der Waals surface area contributed by atoms with E-state index in [9.17, 15) is 4.79 Å². The zero-order valence-electron chi connectivity index (χ0n) is 18.3. The maximum atomic E-state index is 13.6. The van der Waals surface area contributed by atoms with Crippen LogP contribution in [0.4, 0.5) is 11.5 Å². The Morgan fingerprint density at radius 3 is 2.62 bits per heavy atom. The molecule has 9 nitrogen and oxygen atoms in total. The van der Waals surface area contributed by atoms with E-state index in [2.05, 4.69) is 22.2 Å². The van der Waals surface area contributed by atoms with Crippen LogP contribution in [0.15, 0.2) is 53.6 Å². The van der Waals surface area contributed by atoms with Gasteiger partial charge in [0, 0.05) is 18.8 Å². The van der Waals surface area contributed by atoms with Crippen LogP contribution < -0.4 is 26.2 Å². The number of anilines is 2. The highest BCUT2D eigenvalue weighted by Gasteiger charge is 2.21. The fourth-order valence-electron chi connectivity index (χ4n) is 3.56. The number of rotatable bonds is 8. The summed E-state index contributed by atoms with van der Waals surface area (Å²) in [6, 6.07) is 12.8. The van der Waals surface area contributed by atoms with E-state index in [4.69, 9.17) is 15.2 Å². The van der Waals surface area contributed by atoms with Gasteiger partial charge in [-0.3, -0.25) is 4.57 Å². The Labute approximate surface area is 185 Å². The van der Waals surface area contributed by atoms with Crippen molar-refractivity contribution in [2.45, 2.75) is 19.8 Å². The van der Waals surface area contributed by atoms with Crippen molar-refractivity contribution >= 4 is 22.7 Å². The molecule has 2 heterocycles. The van der Waals surface area contributed by atoms with Crippen molar-refractivity contribution in [3.05, 3.63) is 59.3 Å². The molecule has 0 unspecified atom stereocenters. The highest BCUT2D eigenvalue weighted by Crippen LogP contribution is 2.31. The van der Waals surface area contributed by atoms with Gasteiger partial charge >= 0.3 is 5.69 Å². The number of aromatic nitrogens is 4. The first kappa shape index (κ1) is 21.2. The summed E-state index contributed by atoms with van der Waals surface area (Å²) in [6.45, 7) is 2.69. The quantitative estimate of drug-likeness (QED) is 0.409. The minimum atomic E-state index is -0.317. The fraction of sp³-hybridized carbons (Fsp3) is 0.261. The summed E-state index contributed by atoms with van der Waals surface area (Å²) >= 11 is 0. The van der Waals surface area contributed by atoms with Gasteiger partial charge in [-0.15, -0.1) is 0 Å². The van der Waals surface area contributed by atoms with Crippen molar-refractivity contribution in [3.8, 4) is 22.9 Å². The van der Waals surface area contributed by atoms with Crippen LogP contribution in [0.1, 0.15) is 19.8 Å². The average molecular weight is 435 g/mol. The Hall–Kier alpha value is -4.01. The van der Waals surface area contributed by atoms with Gasteiger partial charge in [0.25, 0.3) is 0 Å². The molecular formula is C23H26N6O3. The standard InChI is InChI=1S/C23H26N6O3/c1-4-5-11-32-18-10-9-17(13-19(18)31-3)28-20-21(24)26-14-27-22(20)29(23(28)30)16-8-6-7-15(12-16)25-2/h6-10,12-14,25H,4-5,11H2,1-3H3,(H2,24,26,27). The highest BCUT2D eigenvalue weighted by atomic mass is 16.5. The van der Waals surface area contributed by atoms with Gasteiger partial charge in [0.15, 0.2) is 23.0 Å². The third-order valence-corrected chi connectivity index (χ3v) is 5.20. The zero-order chi connectivity index (χ0) is 22.7. The second kappa shape index (κ2) is 9.01. The Kier molecular flexibility index (Phi) is 5.98. The van der Waals surface area contributed by atoms with Crippen LogP contribution >= 0.6 is 0 Å². The lowest BCUT2D eigenvalue weighted by Crippen LogP contribution is -2.22. The van der Waals surface area contributed by atoms with Gasteiger partial charge in [-0.25, -0.2) is 19.3 Å². The third kappa shape index (κ3) is 3.73. The van der Waals surface area contributed by atoms with Crippen LogP contribution in [0.5, 0.6) is 11.5 Å². The lowest BCUT2D eigenvalue weighted by molar-refractivity contribution is 0.288. The lowest BCUT2D eigenvalue weighted by atomic mass is 10.2. The molecule has 0 amide bonds. The molecule has 0 saturated heterocycles. The number of methoxy groups -OCH3 is 1. The van der Waals surface area contributed by atoms with E-state index in [1.807, 2.05) is 31.3 Å². The molecule has 0 saturated carbocycles. The number of hydrogen-bond acceptors (Lipinski definition) is 7. The first-order valence-electron chi connectivity index (χ1n) is 10.4. The van der Waals surface area contributed by atoms with E-state index >= 15 is 0 Å². The second-order valence-electron chi connectivity index (χ2n) is 7.22. The second-order valence-corrected chi connectivity index (χ2v) is 7.22. The lowest BCUT2D eigenvalue weighted by Gasteiger charge is -2.12. The fourth-order valence-corrected chi connectivity index (χ4v) is 3.56. The molecule has 0 aliphatic carbocycles. The molecular weight excluding hydrogens is 408 g/mol. The van der Waals surface area contributed by atoms with E-state index in [1.54, 1.807) is 25.3 Å². The number of fused-ring (bicyclic) bond motifs is 1. The molecule has 9 heteroatoms. The molecule has 0 atom stereocenters. The van der Waals surface area contributed by atoms with Crippen LogP contribution in [-0.2, 0) is 0 Å². The molecule has 32 heavy (non-hydrogen) atoms. The Bertz CT molecular complexity index is 1310. The predicted octanol–water partition coefficient (Wildman–Crippen LogP) is 3.38. The molecule has 3 N–H and O–H groups in total. The Morgan fingerprint density at radius 1 is 1.06 bits per heavy atom. The number of hydrogen-bond donors (Lipinski definition) is 2. The molecule has 0 spiro atoms. The minimum absolute atomic E-state index is 0.206. The predicted molar refractivity (Wildman–Crippen MR) is 125 cm³/mol. The Morgan fingerprint density at radius 2 is 1.88 bits per heavy atom. The summed E-state index contributed by atoms with van der Waals surface area (Å²) < 4.78 is 14.4. The van der Waals surface area contributed by atoms with E-state index < -0.39 is 0 Å². The van der Waals surface area contributed by atoms with Crippen molar-refractivity contribution in [1.82, 2.24) is 19.1 Å². The van der Waals surface area contributed by atoms with Gasteiger partial charge < -0.3 is 20.5 Å². The summed E-state index contributed by atoms with van der Waals surface area (Å²) in [4.78, 5) is 22.1.